The summed E-state index contributed by atoms with van der Waals surface area (Å²) in [7, 11) is -3.41. The zero-order valence-corrected chi connectivity index (χ0v) is 17.8. The molecule has 2 amide bonds. The molecular formula is C21H23F2N3O4S. The van der Waals surface area contributed by atoms with Crippen molar-refractivity contribution in [1.82, 2.24) is 9.80 Å². The summed E-state index contributed by atoms with van der Waals surface area (Å²) in [5.74, 6) is -2.37. The Kier molecular flexibility index (Phi) is 6.89. The molecule has 1 aliphatic heterocycles. The summed E-state index contributed by atoms with van der Waals surface area (Å²) >= 11 is 0. The molecule has 2 aromatic rings. The van der Waals surface area contributed by atoms with Crippen LogP contribution in [0.5, 0.6) is 0 Å². The maximum Gasteiger partial charge on any atom is 0.254 e. The number of sulfonamides is 1. The lowest BCUT2D eigenvalue weighted by Crippen LogP contribution is -2.50. The summed E-state index contributed by atoms with van der Waals surface area (Å²) in [5, 5.41) is 0. The number of piperazine rings is 1. The van der Waals surface area contributed by atoms with Crippen LogP contribution in [-0.2, 0) is 10.0 Å². The van der Waals surface area contributed by atoms with Crippen LogP contribution in [-0.4, -0.2) is 62.0 Å². The SMILES string of the molecule is CCCS(=O)(=O)Nc1ccc(C(=O)N2CCN(C(=O)c3cc(F)cc(F)c3)CC2)cc1. The Hall–Kier alpha value is -3.01. The van der Waals surface area contributed by atoms with Crippen molar-refractivity contribution in [1.29, 1.82) is 0 Å². The van der Waals surface area contributed by atoms with E-state index in [4.69, 9.17) is 0 Å². The fraction of sp³-hybridized carbons (Fsp3) is 0.333. The van der Waals surface area contributed by atoms with Gasteiger partial charge in [-0.15, -0.1) is 0 Å². The molecule has 0 spiro atoms. The Morgan fingerprint density at radius 3 is 1.84 bits per heavy atom. The third-order valence-electron chi connectivity index (χ3n) is 4.84. The topological polar surface area (TPSA) is 86.8 Å². The molecule has 3 rings (SSSR count). The largest absolute Gasteiger partial charge is 0.335 e. The van der Waals surface area contributed by atoms with Gasteiger partial charge in [0.1, 0.15) is 11.6 Å². The molecule has 0 bridgehead atoms. The Morgan fingerprint density at radius 2 is 1.35 bits per heavy atom. The van der Waals surface area contributed by atoms with Gasteiger partial charge in [-0.1, -0.05) is 6.92 Å². The van der Waals surface area contributed by atoms with Gasteiger partial charge in [0.15, 0.2) is 0 Å². The molecule has 0 unspecified atom stereocenters. The molecular weight excluding hydrogens is 428 g/mol. The maximum atomic E-state index is 13.4. The van der Waals surface area contributed by atoms with Gasteiger partial charge in [0.25, 0.3) is 11.8 Å². The summed E-state index contributed by atoms with van der Waals surface area (Å²) in [5.41, 5.74) is 0.701. The smallest absolute Gasteiger partial charge is 0.254 e. The van der Waals surface area contributed by atoms with Crippen LogP contribution in [0, 0.1) is 11.6 Å². The van der Waals surface area contributed by atoms with Gasteiger partial charge in [0, 0.05) is 49.1 Å². The third-order valence-corrected chi connectivity index (χ3v) is 6.33. The van der Waals surface area contributed by atoms with E-state index < -0.39 is 27.6 Å². The molecule has 1 fully saturated rings. The highest BCUT2D eigenvalue weighted by Crippen LogP contribution is 2.16. The molecule has 166 valence electrons. The number of nitrogens with zero attached hydrogens (tertiary/aromatic N) is 2. The van der Waals surface area contributed by atoms with Crippen LogP contribution in [0.1, 0.15) is 34.1 Å². The molecule has 31 heavy (non-hydrogen) atoms. The zero-order chi connectivity index (χ0) is 22.6. The lowest BCUT2D eigenvalue weighted by atomic mass is 10.1. The summed E-state index contributed by atoms with van der Waals surface area (Å²) in [6.45, 7) is 2.78. The fourth-order valence-electron chi connectivity index (χ4n) is 3.34. The third kappa shape index (κ3) is 5.78. The molecule has 1 aliphatic rings. The van der Waals surface area contributed by atoms with Gasteiger partial charge in [0.2, 0.25) is 10.0 Å². The van der Waals surface area contributed by atoms with Crippen molar-refractivity contribution in [2.24, 2.45) is 0 Å². The second-order valence-corrected chi connectivity index (χ2v) is 9.08. The first kappa shape index (κ1) is 22.7. The Morgan fingerprint density at radius 1 is 0.871 bits per heavy atom. The fourth-order valence-corrected chi connectivity index (χ4v) is 4.47. The van der Waals surface area contributed by atoms with Crippen molar-refractivity contribution in [3.8, 4) is 0 Å². The number of carbonyl (C=O) groups excluding carboxylic acids is 2. The molecule has 1 heterocycles. The highest BCUT2D eigenvalue weighted by Gasteiger charge is 2.26. The summed E-state index contributed by atoms with van der Waals surface area (Å²) < 4.78 is 52.9. The number of hydrogen-bond acceptors (Lipinski definition) is 4. The van der Waals surface area contributed by atoms with E-state index in [0.717, 1.165) is 12.1 Å². The van der Waals surface area contributed by atoms with Gasteiger partial charge >= 0.3 is 0 Å². The quantitative estimate of drug-likeness (QED) is 0.732. The Labute approximate surface area is 179 Å². The molecule has 0 atom stereocenters. The minimum absolute atomic E-state index is 0.0128. The number of benzene rings is 2. The Balaban J connectivity index is 1.59. The van der Waals surface area contributed by atoms with Crippen LogP contribution in [0.25, 0.3) is 0 Å². The first-order chi connectivity index (χ1) is 14.7. The predicted molar refractivity (Wildman–Crippen MR) is 112 cm³/mol. The standard InChI is InChI=1S/C21H23F2N3O4S/c1-2-11-31(29,30)24-19-5-3-15(4-6-19)20(27)25-7-9-26(10-8-25)21(28)16-12-17(22)14-18(23)13-16/h3-6,12-14,24H,2,7-11H2,1H3. The van der Waals surface area contributed by atoms with E-state index in [9.17, 15) is 26.8 Å². The van der Waals surface area contributed by atoms with Crippen LogP contribution in [0.3, 0.4) is 0 Å². The van der Waals surface area contributed by atoms with Crippen molar-refractivity contribution in [3.05, 3.63) is 65.2 Å². The molecule has 1 saturated heterocycles. The molecule has 0 aliphatic carbocycles. The number of amides is 2. The van der Waals surface area contributed by atoms with Crippen LogP contribution in [0.4, 0.5) is 14.5 Å². The molecule has 10 heteroatoms. The number of hydrogen-bond donors (Lipinski definition) is 1. The van der Waals surface area contributed by atoms with Crippen molar-refractivity contribution in [2.75, 3.05) is 36.7 Å². The maximum absolute atomic E-state index is 13.4. The number of carbonyl (C=O) groups is 2. The first-order valence-corrected chi connectivity index (χ1v) is 11.5. The minimum atomic E-state index is -3.41. The lowest BCUT2D eigenvalue weighted by Gasteiger charge is -2.35. The molecule has 0 aromatic heterocycles. The van der Waals surface area contributed by atoms with E-state index in [1.54, 1.807) is 24.0 Å². The highest BCUT2D eigenvalue weighted by molar-refractivity contribution is 7.92. The van der Waals surface area contributed by atoms with Gasteiger partial charge in [-0.25, -0.2) is 17.2 Å². The summed E-state index contributed by atoms with van der Waals surface area (Å²) in [4.78, 5) is 28.2. The Bertz CT molecular complexity index is 1050. The average Bonchev–Trinajstić information content (AvgIpc) is 2.72. The number of halogens is 2. The molecule has 0 radical (unpaired) electrons. The van der Waals surface area contributed by atoms with E-state index in [1.807, 2.05) is 0 Å². The molecule has 1 N–H and O–H groups in total. The van der Waals surface area contributed by atoms with Crippen LogP contribution in [0.2, 0.25) is 0 Å². The zero-order valence-electron chi connectivity index (χ0n) is 17.0. The lowest BCUT2D eigenvalue weighted by molar-refractivity contribution is 0.0535. The van der Waals surface area contributed by atoms with Crippen LogP contribution >= 0.6 is 0 Å². The van der Waals surface area contributed by atoms with E-state index in [0.29, 0.717) is 23.7 Å². The van der Waals surface area contributed by atoms with E-state index in [-0.39, 0.29) is 43.4 Å². The van der Waals surface area contributed by atoms with Gasteiger partial charge in [-0.05, 0) is 42.8 Å². The van der Waals surface area contributed by atoms with Crippen molar-refractivity contribution in [3.63, 3.8) is 0 Å². The molecule has 2 aromatic carbocycles. The van der Waals surface area contributed by atoms with E-state index >= 15 is 0 Å². The van der Waals surface area contributed by atoms with Gasteiger partial charge in [0.05, 0.1) is 5.75 Å². The monoisotopic (exact) mass is 451 g/mol. The van der Waals surface area contributed by atoms with E-state index in [1.165, 1.54) is 17.0 Å². The first-order valence-electron chi connectivity index (χ1n) is 9.83. The van der Waals surface area contributed by atoms with E-state index in [2.05, 4.69) is 4.72 Å². The minimum Gasteiger partial charge on any atom is -0.335 e. The normalized spacial score (nSPS) is 14.4. The van der Waals surface area contributed by atoms with Crippen molar-refractivity contribution in [2.45, 2.75) is 13.3 Å². The number of rotatable bonds is 6. The van der Waals surface area contributed by atoms with Crippen LogP contribution < -0.4 is 4.72 Å². The van der Waals surface area contributed by atoms with Crippen molar-refractivity contribution >= 4 is 27.5 Å². The van der Waals surface area contributed by atoms with Gasteiger partial charge in [-0.2, -0.15) is 0 Å². The summed E-state index contributed by atoms with van der Waals surface area (Å²) in [6, 6.07) is 8.81. The predicted octanol–water partition coefficient (Wildman–Crippen LogP) is 2.71. The average molecular weight is 451 g/mol. The van der Waals surface area contributed by atoms with Crippen molar-refractivity contribution < 1.29 is 26.8 Å². The second kappa shape index (κ2) is 9.42. The number of anilines is 1. The highest BCUT2D eigenvalue weighted by atomic mass is 32.2. The second-order valence-electron chi connectivity index (χ2n) is 7.24. The van der Waals surface area contributed by atoms with Gasteiger partial charge in [-0.3, -0.25) is 14.3 Å². The summed E-state index contributed by atoms with van der Waals surface area (Å²) in [6.07, 6.45) is 0.495. The number of nitrogens with one attached hydrogen (secondary N) is 1. The molecule has 0 saturated carbocycles. The van der Waals surface area contributed by atoms with Gasteiger partial charge < -0.3 is 9.80 Å². The molecule has 7 nitrogen and oxygen atoms in total. The van der Waals surface area contributed by atoms with Crippen LogP contribution in [0.15, 0.2) is 42.5 Å².